The van der Waals surface area contributed by atoms with E-state index in [1.807, 2.05) is 55.4 Å². The number of allylic oxidation sites excluding steroid dienone is 1. The van der Waals surface area contributed by atoms with Gasteiger partial charge in [-0.1, -0.05) is 53.5 Å². The van der Waals surface area contributed by atoms with Crippen molar-refractivity contribution in [2.24, 2.45) is 0 Å². The molecule has 0 radical (unpaired) electrons. The van der Waals surface area contributed by atoms with Gasteiger partial charge in [0, 0.05) is 37.0 Å². The Labute approximate surface area is 277 Å². The van der Waals surface area contributed by atoms with E-state index >= 15 is 0 Å². The number of anilines is 4. The first-order valence-electron chi connectivity index (χ1n) is 14.3. The second kappa shape index (κ2) is 14.6. The zero-order chi connectivity index (χ0) is 32.8. The number of carbonyl (C=O) groups excluding carboxylic acids is 2. The molecule has 0 unspecified atom stereocenters. The summed E-state index contributed by atoms with van der Waals surface area (Å²) in [6.45, 7) is 0.896. The molecule has 5 rings (SSSR count). The van der Waals surface area contributed by atoms with E-state index in [0.29, 0.717) is 41.1 Å². The predicted molar refractivity (Wildman–Crippen MR) is 180 cm³/mol. The molecule has 2 aromatic heterocycles. The normalized spacial score (nSPS) is 12.9. The average molecular weight is 663 g/mol. The number of ketones is 1. The predicted octanol–water partition coefficient (Wildman–Crippen LogP) is 6.32. The van der Waals surface area contributed by atoms with E-state index in [0.717, 1.165) is 11.1 Å². The molecule has 2 aromatic carbocycles. The van der Waals surface area contributed by atoms with Crippen LogP contribution in [0.5, 0.6) is 11.5 Å². The lowest BCUT2D eigenvalue weighted by molar-refractivity contribution is -0.114. The summed E-state index contributed by atoms with van der Waals surface area (Å²) >= 11 is 13.5. The van der Waals surface area contributed by atoms with Crippen LogP contribution in [0, 0.1) is 0 Å². The number of ether oxygens (including phenoxy) is 2. The van der Waals surface area contributed by atoms with Crippen molar-refractivity contribution in [1.29, 1.82) is 0 Å². The lowest BCUT2D eigenvalue weighted by atomic mass is 10.0. The maximum Gasteiger partial charge on any atom is 0.330 e. The Morgan fingerprint density at radius 1 is 1.04 bits per heavy atom. The summed E-state index contributed by atoms with van der Waals surface area (Å²) in [5.41, 5.74) is 3.20. The van der Waals surface area contributed by atoms with Crippen molar-refractivity contribution in [1.82, 2.24) is 19.9 Å². The molecule has 0 atom stereocenters. The van der Waals surface area contributed by atoms with Gasteiger partial charge >= 0.3 is 6.03 Å². The van der Waals surface area contributed by atoms with Gasteiger partial charge in [0.1, 0.15) is 27.4 Å². The van der Waals surface area contributed by atoms with Gasteiger partial charge in [0.05, 0.1) is 44.9 Å². The van der Waals surface area contributed by atoms with Crippen LogP contribution in [0.1, 0.15) is 16.7 Å². The monoisotopic (exact) mass is 661 g/mol. The molecule has 0 saturated heterocycles. The Morgan fingerprint density at radius 2 is 1.78 bits per heavy atom. The number of carbonyl (C=O) groups is 2. The Hall–Kier alpha value is -4.71. The Bertz CT molecular complexity index is 1740. The third-order valence-electron chi connectivity index (χ3n) is 7.11. The van der Waals surface area contributed by atoms with Gasteiger partial charge in [0.15, 0.2) is 5.78 Å². The largest absolute Gasteiger partial charge is 0.495 e. The van der Waals surface area contributed by atoms with Gasteiger partial charge in [-0.25, -0.2) is 9.78 Å². The molecule has 0 aliphatic carbocycles. The molecule has 2 amide bonds. The molecule has 238 valence electrons. The van der Waals surface area contributed by atoms with Gasteiger partial charge in [-0.3, -0.25) is 19.6 Å². The summed E-state index contributed by atoms with van der Waals surface area (Å²) in [6.07, 6.45) is 8.63. The van der Waals surface area contributed by atoms with Crippen LogP contribution in [-0.4, -0.2) is 66.5 Å². The van der Waals surface area contributed by atoms with Gasteiger partial charge < -0.3 is 19.7 Å². The zero-order valence-corrected chi connectivity index (χ0v) is 27.3. The molecule has 46 heavy (non-hydrogen) atoms. The van der Waals surface area contributed by atoms with Gasteiger partial charge in [0.25, 0.3) is 0 Å². The highest BCUT2D eigenvalue weighted by molar-refractivity contribution is 6.42. The van der Waals surface area contributed by atoms with E-state index < -0.39 is 6.03 Å². The van der Waals surface area contributed by atoms with Crippen LogP contribution in [0.4, 0.5) is 27.9 Å². The number of benzene rings is 2. The third kappa shape index (κ3) is 7.39. The summed E-state index contributed by atoms with van der Waals surface area (Å²) in [7, 11) is 6.82. The molecule has 0 saturated carbocycles. The number of hydrogen-bond acceptors (Lipinski definition) is 9. The van der Waals surface area contributed by atoms with Crippen molar-refractivity contribution in [2.75, 3.05) is 50.0 Å². The number of aromatic nitrogens is 3. The van der Waals surface area contributed by atoms with Crippen molar-refractivity contribution in [3.05, 3.63) is 99.9 Å². The molecule has 13 heteroatoms. The highest BCUT2D eigenvalue weighted by atomic mass is 35.5. The quantitative estimate of drug-likeness (QED) is 0.174. The molecular formula is C33H33Cl2N7O4. The number of fused-ring (bicyclic) bond motifs is 1. The van der Waals surface area contributed by atoms with E-state index in [4.69, 9.17) is 37.7 Å². The molecule has 0 fully saturated rings. The van der Waals surface area contributed by atoms with E-state index in [1.165, 1.54) is 24.0 Å². The zero-order valence-electron chi connectivity index (χ0n) is 25.8. The fourth-order valence-electron chi connectivity index (χ4n) is 4.95. The maximum absolute atomic E-state index is 14.4. The first-order valence-corrected chi connectivity index (χ1v) is 15.1. The number of nitrogens with zero attached hydrogens (tertiary/aromatic N) is 6. The first-order chi connectivity index (χ1) is 22.2. The highest BCUT2D eigenvalue weighted by Gasteiger charge is 2.37. The number of pyridine rings is 1. The second-order valence-corrected chi connectivity index (χ2v) is 11.5. The summed E-state index contributed by atoms with van der Waals surface area (Å²) < 4.78 is 10.9. The molecule has 1 N–H and O–H groups in total. The minimum absolute atomic E-state index is 0.0142. The van der Waals surface area contributed by atoms with Crippen LogP contribution in [0.15, 0.2) is 73.2 Å². The number of likely N-dealkylation sites (N-methyl/N-ethyl adjacent to an activating group) is 1. The van der Waals surface area contributed by atoms with Crippen molar-refractivity contribution < 1.29 is 19.1 Å². The molecule has 1 aliphatic heterocycles. The standard InChI is InChI=1S/C33H33Cl2N7O4/c1-40(2)13-7-11-25(43)15-21-8-5-9-22(14-21)19-42-31-23(17-37-32(39-31)38-24-10-6-12-36-18-24)20-41(33(42)44)30-28(34)26(45-3)16-27(46-4)29(30)35/h5-12,14,16-18H,13,15,19-20H2,1-4H3,(H,37,38,39)/b11-7+. The molecule has 0 bridgehead atoms. The Balaban J connectivity index is 1.53. The number of nitrogens with one attached hydrogen (secondary N) is 1. The summed E-state index contributed by atoms with van der Waals surface area (Å²) in [4.78, 5) is 45.3. The second-order valence-electron chi connectivity index (χ2n) is 10.7. The Morgan fingerprint density at radius 3 is 2.46 bits per heavy atom. The number of halogens is 2. The van der Waals surface area contributed by atoms with Crippen molar-refractivity contribution in [3.8, 4) is 11.5 Å². The first kappa shape index (κ1) is 32.7. The summed E-state index contributed by atoms with van der Waals surface area (Å²) in [6, 6.07) is 12.3. The lowest BCUT2D eigenvalue weighted by Gasteiger charge is -2.37. The minimum Gasteiger partial charge on any atom is -0.495 e. The topological polar surface area (TPSA) is 113 Å². The van der Waals surface area contributed by atoms with E-state index in [2.05, 4.69) is 15.3 Å². The molecule has 1 aliphatic rings. The number of rotatable bonds is 12. The van der Waals surface area contributed by atoms with Crippen LogP contribution >= 0.6 is 23.2 Å². The Kier molecular flexibility index (Phi) is 10.4. The highest BCUT2D eigenvalue weighted by Crippen LogP contribution is 2.48. The molecule has 11 nitrogen and oxygen atoms in total. The average Bonchev–Trinajstić information content (AvgIpc) is 3.04. The number of amides is 2. The van der Waals surface area contributed by atoms with Crippen LogP contribution in [0.3, 0.4) is 0 Å². The van der Waals surface area contributed by atoms with Crippen LogP contribution in [-0.2, 0) is 24.3 Å². The number of urea groups is 1. The fraction of sp³-hybridized carbons (Fsp3) is 0.242. The number of methoxy groups -OCH3 is 2. The van der Waals surface area contributed by atoms with Crippen LogP contribution < -0.4 is 24.6 Å². The van der Waals surface area contributed by atoms with Crippen molar-refractivity contribution in [2.45, 2.75) is 19.5 Å². The van der Waals surface area contributed by atoms with Crippen LogP contribution in [0.25, 0.3) is 0 Å². The van der Waals surface area contributed by atoms with Gasteiger partial charge in [-0.05, 0) is 43.4 Å². The van der Waals surface area contributed by atoms with Gasteiger partial charge in [-0.2, -0.15) is 4.98 Å². The molecule has 4 aromatic rings. The van der Waals surface area contributed by atoms with Gasteiger partial charge in [0.2, 0.25) is 5.95 Å². The van der Waals surface area contributed by atoms with E-state index in [1.54, 1.807) is 36.8 Å². The smallest absolute Gasteiger partial charge is 0.330 e. The number of hydrogen-bond donors (Lipinski definition) is 1. The fourth-order valence-corrected chi connectivity index (χ4v) is 5.65. The SMILES string of the molecule is COc1cc(OC)c(Cl)c(N2Cc3cnc(Nc4cccnc4)nc3N(Cc3cccc(CC(=O)/C=C/CN(C)C)c3)C2=O)c1Cl. The lowest BCUT2D eigenvalue weighted by Crippen LogP contribution is -2.48. The summed E-state index contributed by atoms with van der Waals surface area (Å²) in [5.74, 6) is 1.29. The van der Waals surface area contributed by atoms with Crippen molar-refractivity contribution >= 4 is 58.2 Å². The van der Waals surface area contributed by atoms with Crippen molar-refractivity contribution in [3.63, 3.8) is 0 Å². The van der Waals surface area contributed by atoms with Gasteiger partial charge in [-0.15, -0.1) is 0 Å². The molecule has 3 heterocycles. The third-order valence-corrected chi connectivity index (χ3v) is 7.84. The minimum atomic E-state index is -0.425. The van der Waals surface area contributed by atoms with E-state index in [-0.39, 0.29) is 41.0 Å². The van der Waals surface area contributed by atoms with Crippen LogP contribution in [0.2, 0.25) is 10.0 Å². The maximum atomic E-state index is 14.4. The molecular weight excluding hydrogens is 629 g/mol. The summed E-state index contributed by atoms with van der Waals surface area (Å²) in [5, 5.41) is 3.45. The molecule has 0 spiro atoms. The van der Waals surface area contributed by atoms with E-state index in [9.17, 15) is 9.59 Å².